The quantitative estimate of drug-likeness (QED) is 0.595. The fourth-order valence-electron chi connectivity index (χ4n) is 2.41. The monoisotopic (exact) mass is 381 g/mol. The van der Waals surface area contributed by atoms with Gasteiger partial charge in [0.05, 0.1) is 5.75 Å². The van der Waals surface area contributed by atoms with Gasteiger partial charge in [-0.3, -0.25) is 4.99 Å². The molecule has 2 rings (SSSR count). The van der Waals surface area contributed by atoms with Crippen molar-refractivity contribution in [2.45, 2.75) is 18.8 Å². The Labute approximate surface area is 152 Å². The fourth-order valence-corrected chi connectivity index (χ4v) is 3.26. The normalized spacial score (nSPS) is 12.1. The highest BCUT2D eigenvalue weighted by Gasteiger charge is 2.11. The van der Waals surface area contributed by atoms with Crippen LogP contribution in [0.25, 0.3) is 0 Å². The van der Waals surface area contributed by atoms with E-state index in [-0.39, 0.29) is 18.1 Å². The molecule has 0 saturated heterocycles. The summed E-state index contributed by atoms with van der Waals surface area (Å²) in [6.45, 7) is 0.558. The van der Waals surface area contributed by atoms with E-state index in [0.717, 1.165) is 11.8 Å². The van der Waals surface area contributed by atoms with Crippen LogP contribution in [0.2, 0.25) is 0 Å². The number of nitrogens with one attached hydrogen (secondary N) is 2. The number of hydrogen-bond acceptors (Lipinski definition) is 3. The van der Waals surface area contributed by atoms with Crippen molar-refractivity contribution in [2.24, 2.45) is 4.99 Å². The summed E-state index contributed by atoms with van der Waals surface area (Å²) in [7, 11) is -1.67. The number of sulfone groups is 1. The predicted molar refractivity (Wildman–Crippen MR) is 98.4 cm³/mol. The highest BCUT2D eigenvalue weighted by atomic mass is 32.2. The molecule has 0 aliphatic heterocycles. The minimum Gasteiger partial charge on any atom is -0.352 e. The molecule has 0 aromatic heterocycles. The Morgan fingerprint density at radius 3 is 2.35 bits per heavy atom. The van der Waals surface area contributed by atoms with Crippen LogP contribution in [0.4, 0.5) is 8.78 Å². The van der Waals surface area contributed by atoms with Crippen molar-refractivity contribution in [1.29, 1.82) is 0 Å². The first-order valence-corrected chi connectivity index (χ1v) is 9.97. The molecule has 0 fully saturated rings. The van der Waals surface area contributed by atoms with Crippen molar-refractivity contribution in [1.82, 2.24) is 10.6 Å². The van der Waals surface area contributed by atoms with Crippen LogP contribution in [0.5, 0.6) is 0 Å². The summed E-state index contributed by atoms with van der Waals surface area (Å²) >= 11 is 0. The lowest BCUT2D eigenvalue weighted by Crippen LogP contribution is -2.36. The van der Waals surface area contributed by atoms with Crippen LogP contribution in [0.15, 0.2) is 47.5 Å². The molecule has 140 valence electrons. The maximum absolute atomic E-state index is 13.5. The summed E-state index contributed by atoms with van der Waals surface area (Å²) < 4.78 is 49.8. The van der Waals surface area contributed by atoms with E-state index >= 15 is 0 Å². The van der Waals surface area contributed by atoms with E-state index in [4.69, 9.17) is 0 Å². The summed E-state index contributed by atoms with van der Waals surface area (Å²) in [5.41, 5.74) is 1.81. The van der Waals surface area contributed by atoms with Gasteiger partial charge < -0.3 is 10.6 Å². The van der Waals surface area contributed by atoms with Crippen molar-refractivity contribution in [3.05, 3.63) is 70.8 Å². The van der Waals surface area contributed by atoms with E-state index in [1.54, 1.807) is 19.2 Å². The second-order valence-corrected chi connectivity index (χ2v) is 8.03. The van der Waals surface area contributed by atoms with E-state index in [9.17, 15) is 17.2 Å². The lowest BCUT2D eigenvalue weighted by atomic mass is 10.1. The Morgan fingerprint density at radius 2 is 1.69 bits per heavy atom. The van der Waals surface area contributed by atoms with Crippen LogP contribution in [0.1, 0.15) is 16.7 Å². The molecule has 0 amide bonds. The molecule has 0 saturated carbocycles. The highest BCUT2D eigenvalue weighted by Crippen LogP contribution is 2.14. The summed E-state index contributed by atoms with van der Waals surface area (Å²) in [6.07, 6.45) is 1.13. The predicted octanol–water partition coefficient (Wildman–Crippen LogP) is 2.37. The number of hydrogen-bond donors (Lipinski definition) is 2. The molecule has 0 aliphatic carbocycles. The number of nitrogens with zero attached hydrogens (tertiary/aromatic N) is 1. The Bertz CT molecular complexity index is 899. The number of rotatable bonds is 6. The van der Waals surface area contributed by atoms with Gasteiger partial charge in [0, 0.05) is 26.4 Å². The average molecular weight is 381 g/mol. The van der Waals surface area contributed by atoms with Crippen molar-refractivity contribution in [2.75, 3.05) is 13.3 Å². The van der Waals surface area contributed by atoms with Crippen LogP contribution in [-0.2, 0) is 28.7 Å². The Hall–Kier alpha value is -2.48. The number of guanidine groups is 1. The maximum Gasteiger partial charge on any atom is 0.191 e. The molecule has 0 aliphatic rings. The zero-order valence-corrected chi connectivity index (χ0v) is 15.4. The standard InChI is InChI=1S/C18H21F2N3O2S/c1-21-18(22-10-13-4-3-5-16(19)8-13)23-11-15-9-17(20)7-6-14(15)12-26(2,24)25/h3-9H,10-12H2,1-2H3,(H2,21,22,23). The molecule has 26 heavy (non-hydrogen) atoms. The van der Waals surface area contributed by atoms with Gasteiger partial charge in [0.1, 0.15) is 11.6 Å². The molecule has 0 bridgehead atoms. The average Bonchev–Trinajstić information content (AvgIpc) is 2.56. The Kier molecular flexibility index (Phi) is 6.68. The first-order valence-electron chi connectivity index (χ1n) is 7.91. The van der Waals surface area contributed by atoms with E-state index in [1.165, 1.54) is 30.3 Å². The first kappa shape index (κ1) is 19.8. The van der Waals surface area contributed by atoms with Gasteiger partial charge in [0.2, 0.25) is 0 Å². The zero-order chi connectivity index (χ0) is 19.2. The third-order valence-corrected chi connectivity index (χ3v) is 4.44. The highest BCUT2D eigenvalue weighted by molar-refractivity contribution is 7.89. The Balaban J connectivity index is 2.03. The summed E-state index contributed by atoms with van der Waals surface area (Å²) in [6, 6.07) is 10.2. The van der Waals surface area contributed by atoms with Crippen LogP contribution < -0.4 is 10.6 Å². The molecule has 0 heterocycles. The number of halogens is 2. The lowest BCUT2D eigenvalue weighted by Gasteiger charge is -2.14. The zero-order valence-electron chi connectivity index (χ0n) is 14.6. The second-order valence-electron chi connectivity index (χ2n) is 5.89. The molecular weight excluding hydrogens is 360 g/mol. The molecule has 0 radical (unpaired) electrons. The topological polar surface area (TPSA) is 70.6 Å². The molecular formula is C18H21F2N3O2S. The van der Waals surface area contributed by atoms with Gasteiger partial charge in [0.15, 0.2) is 15.8 Å². The molecule has 2 N–H and O–H groups in total. The van der Waals surface area contributed by atoms with E-state index < -0.39 is 15.7 Å². The van der Waals surface area contributed by atoms with Crippen molar-refractivity contribution in [3.63, 3.8) is 0 Å². The Morgan fingerprint density at radius 1 is 1.00 bits per heavy atom. The van der Waals surface area contributed by atoms with Gasteiger partial charge >= 0.3 is 0 Å². The van der Waals surface area contributed by atoms with Gasteiger partial charge in [-0.05, 0) is 41.0 Å². The first-order chi connectivity index (χ1) is 12.3. The smallest absolute Gasteiger partial charge is 0.191 e. The van der Waals surface area contributed by atoms with Gasteiger partial charge in [0.25, 0.3) is 0 Å². The molecule has 2 aromatic carbocycles. The molecule has 0 atom stereocenters. The van der Waals surface area contributed by atoms with Gasteiger partial charge in [-0.2, -0.15) is 0 Å². The number of benzene rings is 2. The fraction of sp³-hybridized carbons (Fsp3) is 0.278. The van der Waals surface area contributed by atoms with Crippen molar-refractivity contribution >= 4 is 15.8 Å². The van der Waals surface area contributed by atoms with E-state index in [0.29, 0.717) is 23.6 Å². The third-order valence-electron chi connectivity index (χ3n) is 3.60. The molecule has 0 spiro atoms. The molecule has 2 aromatic rings. The van der Waals surface area contributed by atoms with Crippen LogP contribution in [0, 0.1) is 11.6 Å². The van der Waals surface area contributed by atoms with E-state index in [1.807, 2.05) is 0 Å². The summed E-state index contributed by atoms with van der Waals surface area (Å²) in [5, 5.41) is 6.03. The third kappa shape index (κ3) is 6.44. The minimum absolute atomic E-state index is 0.167. The molecule has 8 heteroatoms. The van der Waals surface area contributed by atoms with Crippen LogP contribution in [-0.4, -0.2) is 27.7 Å². The van der Waals surface area contributed by atoms with Crippen LogP contribution in [0.3, 0.4) is 0 Å². The maximum atomic E-state index is 13.5. The second kappa shape index (κ2) is 8.75. The minimum atomic E-state index is -3.24. The van der Waals surface area contributed by atoms with Gasteiger partial charge in [-0.25, -0.2) is 17.2 Å². The van der Waals surface area contributed by atoms with Crippen molar-refractivity contribution < 1.29 is 17.2 Å². The summed E-state index contributed by atoms with van der Waals surface area (Å²) in [4.78, 5) is 4.06. The number of aliphatic imine (C=N–C) groups is 1. The van der Waals surface area contributed by atoms with Crippen LogP contribution >= 0.6 is 0 Å². The SMILES string of the molecule is CN=C(NCc1cccc(F)c1)NCc1cc(F)ccc1CS(C)(=O)=O. The van der Waals surface area contributed by atoms with E-state index in [2.05, 4.69) is 15.6 Å². The lowest BCUT2D eigenvalue weighted by molar-refractivity contribution is 0.599. The van der Waals surface area contributed by atoms with Gasteiger partial charge in [-0.1, -0.05) is 18.2 Å². The van der Waals surface area contributed by atoms with Crippen molar-refractivity contribution in [3.8, 4) is 0 Å². The largest absolute Gasteiger partial charge is 0.352 e. The molecule has 0 unspecified atom stereocenters. The van der Waals surface area contributed by atoms with Gasteiger partial charge in [-0.15, -0.1) is 0 Å². The molecule has 5 nitrogen and oxygen atoms in total. The summed E-state index contributed by atoms with van der Waals surface area (Å²) in [5.74, 6) is -0.498.